The zero-order chi connectivity index (χ0) is 18.4. The molecule has 136 valence electrons. The molecule has 2 heterocycles. The molecule has 2 amide bonds. The lowest BCUT2D eigenvalue weighted by Crippen LogP contribution is -2.49. The number of ether oxygens (including phenoxy) is 1. The number of para-hydroxylation sites is 1. The molecule has 0 saturated carbocycles. The highest BCUT2D eigenvalue weighted by Crippen LogP contribution is 2.17. The van der Waals surface area contributed by atoms with Gasteiger partial charge in [-0.3, -0.25) is 4.79 Å². The van der Waals surface area contributed by atoms with E-state index in [1.807, 2.05) is 30.3 Å². The lowest BCUT2D eigenvalue weighted by molar-refractivity contribution is 0.102. The summed E-state index contributed by atoms with van der Waals surface area (Å²) in [5.74, 6) is 0.555. The summed E-state index contributed by atoms with van der Waals surface area (Å²) in [6, 6.07) is 12.8. The summed E-state index contributed by atoms with van der Waals surface area (Å²) in [7, 11) is 0. The predicted molar refractivity (Wildman–Crippen MR) is 99.4 cm³/mol. The molecule has 0 bridgehead atoms. The molecular weight excluding hydrogens is 332 g/mol. The number of nitrogens with one attached hydrogen (secondary N) is 1. The molecule has 0 atom stereocenters. The number of hydrogen-bond donors (Lipinski definition) is 1. The fraction of sp³-hybridized carbons (Fsp3) is 0.316. The van der Waals surface area contributed by atoms with Gasteiger partial charge in [-0.25, -0.2) is 9.78 Å². The second kappa shape index (κ2) is 8.33. The number of benzene rings is 1. The van der Waals surface area contributed by atoms with Crippen LogP contribution in [0.1, 0.15) is 17.3 Å². The first-order valence-corrected chi connectivity index (χ1v) is 8.66. The van der Waals surface area contributed by atoms with Gasteiger partial charge in [-0.1, -0.05) is 18.2 Å². The molecular formula is C19H22N4O3. The SMILES string of the molecule is CCOC(=O)N1CCN(c2cc(C(=O)Nc3ccccc3)ccn2)CC1. The van der Waals surface area contributed by atoms with E-state index in [-0.39, 0.29) is 12.0 Å². The van der Waals surface area contributed by atoms with E-state index in [1.165, 1.54) is 0 Å². The number of piperazine rings is 1. The van der Waals surface area contributed by atoms with E-state index < -0.39 is 0 Å². The third-order valence-electron chi connectivity index (χ3n) is 4.17. The van der Waals surface area contributed by atoms with Crippen molar-refractivity contribution >= 4 is 23.5 Å². The average Bonchev–Trinajstić information content (AvgIpc) is 2.69. The maximum absolute atomic E-state index is 12.4. The summed E-state index contributed by atoms with van der Waals surface area (Å²) in [6.07, 6.45) is 1.35. The Hall–Kier alpha value is -3.09. The third-order valence-corrected chi connectivity index (χ3v) is 4.17. The van der Waals surface area contributed by atoms with Crippen molar-refractivity contribution in [3.63, 3.8) is 0 Å². The topological polar surface area (TPSA) is 74.8 Å². The number of carbonyl (C=O) groups is 2. The number of aromatic nitrogens is 1. The van der Waals surface area contributed by atoms with E-state index in [0.717, 1.165) is 11.5 Å². The van der Waals surface area contributed by atoms with Crippen molar-refractivity contribution in [2.24, 2.45) is 0 Å². The summed E-state index contributed by atoms with van der Waals surface area (Å²) in [4.78, 5) is 32.3. The van der Waals surface area contributed by atoms with Crippen molar-refractivity contribution in [3.8, 4) is 0 Å². The molecule has 7 nitrogen and oxygen atoms in total. The van der Waals surface area contributed by atoms with Crippen molar-refractivity contribution < 1.29 is 14.3 Å². The Balaban J connectivity index is 1.63. The van der Waals surface area contributed by atoms with Crippen LogP contribution >= 0.6 is 0 Å². The molecule has 1 aromatic heterocycles. The van der Waals surface area contributed by atoms with Gasteiger partial charge in [-0.2, -0.15) is 0 Å². The molecule has 0 spiro atoms. The number of nitrogens with zero attached hydrogens (tertiary/aromatic N) is 3. The second-order valence-corrected chi connectivity index (χ2v) is 5.90. The molecule has 1 aliphatic heterocycles. The summed E-state index contributed by atoms with van der Waals surface area (Å²) >= 11 is 0. The van der Waals surface area contributed by atoms with Crippen molar-refractivity contribution in [2.45, 2.75) is 6.92 Å². The van der Waals surface area contributed by atoms with Gasteiger partial charge in [-0.05, 0) is 31.2 Å². The van der Waals surface area contributed by atoms with Crippen LogP contribution in [0.15, 0.2) is 48.7 Å². The van der Waals surface area contributed by atoms with Gasteiger partial charge >= 0.3 is 6.09 Å². The minimum absolute atomic E-state index is 0.176. The van der Waals surface area contributed by atoms with E-state index in [2.05, 4.69) is 15.2 Å². The van der Waals surface area contributed by atoms with E-state index in [9.17, 15) is 9.59 Å². The van der Waals surface area contributed by atoms with Crippen LogP contribution in [-0.4, -0.2) is 54.7 Å². The predicted octanol–water partition coefficient (Wildman–Crippen LogP) is 2.61. The molecule has 0 radical (unpaired) electrons. The Morgan fingerprint density at radius 3 is 2.54 bits per heavy atom. The summed E-state index contributed by atoms with van der Waals surface area (Å²) in [6.45, 7) is 4.61. The van der Waals surface area contributed by atoms with Gasteiger partial charge in [0.15, 0.2) is 0 Å². The highest BCUT2D eigenvalue weighted by atomic mass is 16.6. The number of anilines is 2. The number of carbonyl (C=O) groups excluding carboxylic acids is 2. The average molecular weight is 354 g/mol. The van der Waals surface area contributed by atoms with Gasteiger partial charge in [0.05, 0.1) is 6.61 Å². The minimum Gasteiger partial charge on any atom is -0.450 e. The van der Waals surface area contributed by atoms with Crippen LogP contribution in [0.4, 0.5) is 16.3 Å². The molecule has 0 aliphatic carbocycles. The van der Waals surface area contributed by atoms with Crippen LogP contribution in [0.3, 0.4) is 0 Å². The maximum Gasteiger partial charge on any atom is 0.409 e. The second-order valence-electron chi connectivity index (χ2n) is 5.90. The Morgan fingerprint density at radius 1 is 1.12 bits per heavy atom. The van der Waals surface area contributed by atoms with E-state index >= 15 is 0 Å². The van der Waals surface area contributed by atoms with Gasteiger partial charge in [0.25, 0.3) is 5.91 Å². The Bertz CT molecular complexity index is 758. The van der Waals surface area contributed by atoms with Gasteiger partial charge in [0.2, 0.25) is 0 Å². The van der Waals surface area contributed by atoms with Gasteiger partial charge in [-0.15, -0.1) is 0 Å². The Labute approximate surface area is 152 Å². The first-order valence-electron chi connectivity index (χ1n) is 8.66. The quantitative estimate of drug-likeness (QED) is 0.913. The molecule has 2 aromatic rings. The first kappa shape index (κ1) is 17.7. The van der Waals surface area contributed by atoms with E-state index in [0.29, 0.717) is 38.3 Å². The molecule has 1 aromatic carbocycles. The first-order chi connectivity index (χ1) is 12.7. The van der Waals surface area contributed by atoms with Crippen LogP contribution in [0.25, 0.3) is 0 Å². The molecule has 1 fully saturated rings. The van der Waals surface area contributed by atoms with Gasteiger partial charge in [0, 0.05) is 43.6 Å². The highest BCUT2D eigenvalue weighted by Gasteiger charge is 2.23. The zero-order valence-corrected chi connectivity index (χ0v) is 14.7. The number of hydrogen-bond acceptors (Lipinski definition) is 5. The highest BCUT2D eigenvalue weighted by molar-refractivity contribution is 6.04. The molecule has 0 unspecified atom stereocenters. The van der Waals surface area contributed by atoms with Crippen LogP contribution < -0.4 is 10.2 Å². The molecule has 1 saturated heterocycles. The van der Waals surface area contributed by atoms with Gasteiger partial charge in [0.1, 0.15) is 5.82 Å². The zero-order valence-electron chi connectivity index (χ0n) is 14.7. The van der Waals surface area contributed by atoms with E-state index in [1.54, 1.807) is 30.2 Å². The van der Waals surface area contributed by atoms with Crippen molar-refractivity contribution in [3.05, 3.63) is 54.2 Å². The molecule has 26 heavy (non-hydrogen) atoms. The largest absolute Gasteiger partial charge is 0.450 e. The Morgan fingerprint density at radius 2 is 1.85 bits per heavy atom. The lowest BCUT2D eigenvalue weighted by Gasteiger charge is -2.34. The Kier molecular flexibility index (Phi) is 5.68. The van der Waals surface area contributed by atoms with Gasteiger partial charge < -0.3 is 19.9 Å². The monoisotopic (exact) mass is 354 g/mol. The standard InChI is InChI=1S/C19H22N4O3/c1-2-26-19(25)23-12-10-22(11-13-23)17-14-15(8-9-20-17)18(24)21-16-6-4-3-5-7-16/h3-9,14H,2,10-13H2,1H3,(H,21,24). The number of amides is 2. The van der Waals surface area contributed by atoms with Crippen LogP contribution in [0.5, 0.6) is 0 Å². The molecule has 1 N–H and O–H groups in total. The van der Waals surface area contributed by atoms with Crippen LogP contribution in [0.2, 0.25) is 0 Å². The summed E-state index contributed by atoms with van der Waals surface area (Å²) in [5, 5.41) is 2.87. The van der Waals surface area contributed by atoms with Crippen molar-refractivity contribution in [1.82, 2.24) is 9.88 Å². The van der Waals surface area contributed by atoms with Crippen molar-refractivity contribution in [1.29, 1.82) is 0 Å². The minimum atomic E-state index is -0.281. The smallest absolute Gasteiger partial charge is 0.409 e. The van der Waals surface area contributed by atoms with E-state index in [4.69, 9.17) is 4.74 Å². The van der Waals surface area contributed by atoms with Crippen LogP contribution in [-0.2, 0) is 4.74 Å². The fourth-order valence-corrected chi connectivity index (χ4v) is 2.79. The normalized spacial score (nSPS) is 14.0. The van der Waals surface area contributed by atoms with Crippen molar-refractivity contribution in [2.75, 3.05) is 43.0 Å². The number of pyridine rings is 1. The number of rotatable bonds is 4. The lowest BCUT2D eigenvalue weighted by atomic mass is 10.2. The molecule has 3 rings (SSSR count). The van der Waals surface area contributed by atoms with Crippen LogP contribution in [0, 0.1) is 0 Å². The molecule has 7 heteroatoms. The maximum atomic E-state index is 12.4. The summed E-state index contributed by atoms with van der Waals surface area (Å²) in [5.41, 5.74) is 1.30. The fourth-order valence-electron chi connectivity index (χ4n) is 2.79. The summed E-state index contributed by atoms with van der Waals surface area (Å²) < 4.78 is 5.03. The third kappa shape index (κ3) is 4.30. The molecule has 1 aliphatic rings.